The predicted molar refractivity (Wildman–Crippen MR) is 87.8 cm³/mol. The van der Waals surface area contributed by atoms with Gasteiger partial charge in [0, 0.05) is 44.9 Å². The topological polar surface area (TPSA) is 35.6 Å². The highest BCUT2D eigenvalue weighted by atomic mass is 32.2. The Balaban J connectivity index is 2.06. The number of amides is 1. The zero-order valence-corrected chi connectivity index (χ0v) is 14.3. The van der Waals surface area contributed by atoms with Gasteiger partial charge in [-0.2, -0.15) is 0 Å². The van der Waals surface area contributed by atoms with E-state index in [4.69, 9.17) is 0 Å². The van der Waals surface area contributed by atoms with E-state index < -0.39 is 0 Å². The second-order valence-electron chi connectivity index (χ2n) is 5.98. The lowest BCUT2D eigenvalue weighted by molar-refractivity contribution is -0.132. The Morgan fingerprint density at radius 2 is 1.85 bits per heavy atom. The molecule has 1 atom stereocenters. The van der Waals surface area contributed by atoms with Gasteiger partial charge in [-0.25, -0.2) is 0 Å². The number of hydrogen-bond donors (Lipinski definition) is 1. The van der Waals surface area contributed by atoms with Crippen LogP contribution in [0, 0.1) is 11.8 Å². The molecule has 1 fully saturated rings. The molecular formula is C15H31N3OS. The van der Waals surface area contributed by atoms with Crippen LogP contribution in [0.5, 0.6) is 0 Å². The monoisotopic (exact) mass is 301 g/mol. The molecule has 0 radical (unpaired) electrons. The van der Waals surface area contributed by atoms with Crippen LogP contribution in [0.4, 0.5) is 0 Å². The summed E-state index contributed by atoms with van der Waals surface area (Å²) in [5.41, 5.74) is 0. The second kappa shape index (κ2) is 9.64. The lowest BCUT2D eigenvalue weighted by atomic mass is 9.99. The summed E-state index contributed by atoms with van der Waals surface area (Å²) in [4.78, 5) is 16.5. The van der Waals surface area contributed by atoms with Gasteiger partial charge in [-0.3, -0.25) is 9.52 Å². The SMILES string of the molecule is CCN1CCN(C(=O)CCSNCC(C)C(C)C)CC1. The summed E-state index contributed by atoms with van der Waals surface area (Å²) in [7, 11) is 0. The van der Waals surface area contributed by atoms with Crippen molar-refractivity contribution in [3.8, 4) is 0 Å². The Kier molecular flexibility index (Phi) is 8.57. The van der Waals surface area contributed by atoms with Crippen LogP contribution >= 0.6 is 11.9 Å². The van der Waals surface area contributed by atoms with Crippen LogP contribution < -0.4 is 4.72 Å². The van der Waals surface area contributed by atoms with Crippen molar-refractivity contribution < 1.29 is 4.79 Å². The molecule has 1 aliphatic rings. The maximum absolute atomic E-state index is 12.1. The number of carbonyl (C=O) groups excluding carboxylic acids is 1. The molecule has 0 aromatic heterocycles. The lowest BCUT2D eigenvalue weighted by Gasteiger charge is -2.34. The van der Waals surface area contributed by atoms with Crippen molar-refractivity contribution in [1.29, 1.82) is 0 Å². The van der Waals surface area contributed by atoms with E-state index in [9.17, 15) is 4.79 Å². The van der Waals surface area contributed by atoms with Gasteiger partial charge >= 0.3 is 0 Å². The standard InChI is InChI=1S/C15H31N3OS/c1-5-17-7-9-18(10-8-17)15(19)6-11-20-16-12-14(4)13(2)3/h13-14,16H,5-12H2,1-4H3. The van der Waals surface area contributed by atoms with E-state index in [0.717, 1.165) is 45.0 Å². The molecule has 1 N–H and O–H groups in total. The average molecular weight is 302 g/mol. The smallest absolute Gasteiger partial charge is 0.223 e. The summed E-state index contributed by atoms with van der Waals surface area (Å²) < 4.78 is 3.38. The third-order valence-electron chi connectivity index (χ3n) is 4.24. The molecule has 0 aliphatic carbocycles. The van der Waals surface area contributed by atoms with Gasteiger partial charge in [-0.05, 0) is 18.4 Å². The van der Waals surface area contributed by atoms with E-state index in [0.29, 0.717) is 24.2 Å². The van der Waals surface area contributed by atoms with E-state index in [1.165, 1.54) is 0 Å². The number of nitrogens with one attached hydrogen (secondary N) is 1. The number of nitrogens with zero attached hydrogens (tertiary/aromatic N) is 2. The minimum absolute atomic E-state index is 0.312. The van der Waals surface area contributed by atoms with Gasteiger partial charge in [0.25, 0.3) is 0 Å². The van der Waals surface area contributed by atoms with Crippen molar-refractivity contribution >= 4 is 17.9 Å². The number of likely N-dealkylation sites (N-methyl/N-ethyl adjacent to an activating group) is 1. The van der Waals surface area contributed by atoms with Crippen LogP contribution in [0.15, 0.2) is 0 Å². The fourth-order valence-corrected chi connectivity index (χ4v) is 2.91. The Bertz CT molecular complexity index is 278. The Hall–Kier alpha value is -0.260. The Labute approximate surface area is 128 Å². The molecule has 0 bridgehead atoms. The van der Waals surface area contributed by atoms with Crippen molar-refractivity contribution in [2.45, 2.75) is 34.1 Å². The first kappa shape index (κ1) is 17.8. The predicted octanol–water partition coefficient (Wildman–Crippen LogP) is 2.07. The fraction of sp³-hybridized carbons (Fsp3) is 0.933. The molecule has 20 heavy (non-hydrogen) atoms. The van der Waals surface area contributed by atoms with Crippen LogP contribution in [0.3, 0.4) is 0 Å². The van der Waals surface area contributed by atoms with Crippen molar-refractivity contribution in [3.05, 3.63) is 0 Å². The zero-order valence-electron chi connectivity index (χ0n) is 13.5. The quantitative estimate of drug-likeness (QED) is 0.550. The van der Waals surface area contributed by atoms with Gasteiger partial charge in [-0.1, -0.05) is 39.6 Å². The number of hydrogen-bond acceptors (Lipinski definition) is 4. The Morgan fingerprint density at radius 3 is 2.40 bits per heavy atom. The molecule has 1 saturated heterocycles. The normalized spacial score (nSPS) is 18.6. The van der Waals surface area contributed by atoms with E-state index in [2.05, 4.69) is 37.3 Å². The average Bonchev–Trinajstić information content (AvgIpc) is 2.46. The summed E-state index contributed by atoms with van der Waals surface area (Å²) in [5, 5.41) is 0. The summed E-state index contributed by atoms with van der Waals surface area (Å²) in [6.45, 7) is 14.9. The van der Waals surface area contributed by atoms with Gasteiger partial charge < -0.3 is 9.80 Å². The maximum Gasteiger partial charge on any atom is 0.223 e. The molecule has 4 nitrogen and oxygen atoms in total. The van der Waals surface area contributed by atoms with Gasteiger partial charge in [0.1, 0.15) is 0 Å². The van der Waals surface area contributed by atoms with Gasteiger partial charge in [-0.15, -0.1) is 0 Å². The number of carbonyl (C=O) groups is 1. The van der Waals surface area contributed by atoms with E-state index in [-0.39, 0.29) is 0 Å². The molecule has 0 aromatic rings. The first-order valence-electron chi connectivity index (χ1n) is 7.89. The molecule has 1 heterocycles. The lowest BCUT2D eigenvalue weighted by Crippen LogP contribution is -2.48. The van der Waals surface area contributed by atoms with Crippen molar-refractivity contribution in [3.63, 3.8) is 0 Å². The van der Waals surface area contributed by atoms with Gasteiger partial charge in [0.15, 0.2) is 0 Å². The first-order valence-corrected chi connectivity index (χ1v) is 8.88. The molecule has 118 valence electrons. The summed E-state index contributed by atoms with van der Waals surface area (Å²) in [5.74, 6) is 2.57. The van der Waals surface area contributed by atoms with E-state index in [1.54, 1.807) is 11.9 Å². The summed E-state index contributed by atoms with van der Waals surface area (Å²) in [6.07, 6.45) is 0.653. The molecule has 1 amide bonds. The Morgan fingerprint density at radius 1 is 1.20 bits per heavy atom. The maximum atomic E-state index is 12.1. The van der Waals surface area contributed by atoms with Gasteiger partial charge in [0.2, 0.25) is 5.91 Å². The zero-order chi connectivity index (χ0) is 15.0. The molecule has 1 unspecified atom stereocenters. The molecule has 0 spiro atoms. The summed E-state index contributed by atoms with van der Waals surface area (Å²) in [6, 6.07) is 0. The minimum Gasteiger partial charge on any atom is -0.340 e. The molecule has 0 saturated carbocycles. The third kappa shape index (κ3) is 6.46. The van der Waals surface area contributed by atoms with E-state index >= 15 is 0 Å². The van der Waals surface area contributed by atoms with Crippen LogP contribution in [0.1, 0.15) is 34.1 Å². The molecule has 1 rings (SSSR count). The van der Waals surface area contributed by atoms with Crippen LogP contribution in [-0.4, -0.2) is 60.7 Å². The van der Waals surface area contributed by atoms with Crippen molar-refractivity contribution in [1.82, 2.24) is 14.5 Å². The van der Waals surface area contributed by atoms with Crippen LogP contribution in [0.2, 0.25) is 0 Å². The summed E-state index contributed by atoms with van der Waals surface area (Å²) >= 11 is 1.69. The molecule has 5 heteroatoms. The first-order chi connectivity index (χ1) is 9.54. The number of rotatable bonds is 8. The minimum atomic E-state index is 0.312. The highest BCUT2D eigenvalue weighted by molar-refractivity contribution is 7.97. The van der Waals surface area contributed by atoms with Crippen LogP contribution in [-0.2, 0) is 4.79 Å². The molecule has 0 aromatic carbocycles. The van der Waals surface area contributed by atoms with Gasteiger partial charge in [0.05, 0.1) is 0 Å². The van der Waals surface area contributed by atoms with Crippen LogP contribution in [0.25, 0.3) is 0 Å². The van der Waals surface area contributed by atoms with E-state index in [1.807, 2.05) is 4.90 Å². The highest BCUT2D eigenvalue weighted by Crippen LogP contribution is 2.10. The third-order valence-corrected chi connectivity index (χ3v) is 5.01. The van der Waals surface area contributed by atoms with Crippen molar-refractivity contribution in [2.24, 2.45) is 11.8 Å². The molecule has 1 aliphatic heterocycles. The largest absolute Gasteiger partial charge is 0.340 e. The highest BCUT2D eigenvalue weighted by Gasteiger charge is 2.19. The number of piperazine rings is 1. The molecular weight excluding hydrogens is 270 g/mol. The second-order valence-corrected chi connectivity index (χ2v) is 6.97. The van der Waals surface area contributed by atoms with Crippen molar-refractivity contribution in [2.75, 3.05) is 45.0 Å². The fourth-order valence-electron chi connectivity index (χ4n) is 2.11.